The van der Waals surface area contributed by atoms with Crippen molar-refractivity contribution in [2.24, 2.45) is 5.41 Å². The van der Waals surface area contributed by atoms with Gasteiger partial charge in [-0.2, -0.15) is 0 Å². The summed E-state index contributed by atoms with van der Waals surface area (Å²) in [6.07, 6.45) is 3.49. The lowest BCUT2D eigenvalue weighted by molar-refractivity contribution is 0.0563. The highest BCUT2D eigenvalue weighted by Crippen LogP contribution is 2.41. The molecule has 0 radical (unpaired) electrons. The van der Waals surface area contributed by atoms with Gasteiger partial charge in [0, 0.05) is 12.2 Å². The predicted molar refractivity (Wildman–Crippen MR) is 91.3 cm³/mol. The van der Waals surface area contributed by atoms with Gasteiger partial charge in [0.15, 0.2) is 5.82 Å². The van der Waals surface area contributed by atoms with Gasteiger partial charge in [-0.15, -0.1) is 0 Å². The number of rotatable bonds is 3. The van der Waals surface area contributed by atoms with Crippen LogP contribution in [0, 0.1) is 5.41 Å². The molecular formula is C18H26N2O4. The Morgan fingerprint density at radius 1 is 1.38 bits per heavy atom. The maximum Gasteiger partial charge on any atom is 0.416 e. The number of nitrogens with zero attached hydrogens (tertiary/aromatic N) is 2. The summed E-state index contributed by atoms with van der Waals surface area (Å²) in [5.74, 6) is -0.953. The molecule has 2 rings (SSSR count). The number of pyridine rings is 1. The van der Waals surface area contributed by atoms with Crippen LogP contribution in [0.4, 0.5) is 10.6 Å². The van der Waals surface area contributed by atoms with Crippen molar-refractivity contribution in [3.05, 3.63) is 23.9 Å². The number of amides is 1. The average molecular weight is 334 g/mol. The Kier molecular flexibility index (Phi) is 4.87. The molecule has 0 spiro atoms. The minimum absolute atomic E-state index is 0.00747. The van der Waals surface area contributed by atoms with Gasteiger partial charge in [-0.25, -0.2) is 14.6 Å². The highest BCUT2D eigenvalue weighted by atomic mass is 16.6. The standard InChI is InChI=1S/C18H26N2O4/c1-17(2,3)24-16(23)20(12-8-9-18(4,5)11-12)14-13(15(21)22)7-6-10-19-14/h6-7,10,12H,8-9,11H2,1-5H3,(H,21,22). The van der Waals surface area contributed by atoms with Gasteiger partial charge in [0.25, 0.3) is 0 Å². The van der Waals surface area contributed by atoms with Crippen molar-refractivity contribution in [3.8, 4) is 0 Å². The largest absolute Gasteiger partial charge is 0.478 e. The monoisotopic (exact) mass is 334 g/mol. The second-order valence-electron chi connectivity index (χ2n) is 8.09. The summed E-state index contributed by atoms with van der Waals surface area (Å²) in [6.45, 7) is 9.67. The van der Waals surface area contributed by atoms with Gasteiger partial charge >= 0.3 is 12.1 Å². The van der Waals surface area contributed by atoms with Crippen molar-refractivity contribution < 1.29 is 19.4 Å². The van der Waals surface area contributed by atoms with Crippen molar-refractivity contribution in [1.82, 2.24) is 4.98 Å². The number of anilines is 1. The lowest BCUT2D eigenvalue weighted by Crippen LogP contribution is -2.44. The molecule has 1 aromatic rings. The first kappa shape index (κ1) is 18.2. The van der Waals surface area contributed by atoms with Gasteiger partial charge in [0.05, 0.1) is 0 Å². The van der Waals surface area contributed by atoms with Crippen LogP contribution in [0.5, 0.6) is 0 Å². The van der Waals surface area contributed by atoms with Crippen molar-refractivity contribution in [2.75, 3.05) is 4.90 Å². The van der Waals surface area contributed by atoms with Gasteiger partial charge in [0.1, 0.15) is 11.2 Å². The topological polar surface area (TPSA) is 79.7 Å². The zero-order valence-corrected chi connectivity index (χ0v) is 15.0. The molecule has 1 amide bonds. The first-order chi connectivity index (χ1) is 11.0. The number of hydrogen-bond acceptors (Lipinski definition) is 4. The molecule has 24 heavy (non-hydrogen) atoms. The highest BCUT2D eigenvalue weighted by molar-refractivity contribution is 5.98. The van der Waals surface area contributed by atoms with E-state index in [1.807, 2.05) is 0 Å². The molecule has 0 bridgehead atoms. The molecule has 1 aliphatic rings. The fourth-order valence-electron chi connectivity index (χ4n) is 3.10. The van der Waals surface area contributed by atoms with Crippen LogP contribution in [0.15, 0.2) is 18.3 Å². The van der Waals surface area contributed by atoms with Gasteiger partial charge in [-0.1, -0.05) is 13.8 Å². The van der Waals surface area contributed by atoms with Crippen molar-refractivity contribution in [3.63, 3.8) is 0 Å². The molecular weight excluding hydrogens is 308 g/mol. The zero-order valence-electron chi connectivity index (χ0n) is 15.0. The van der Waals surface area contributed by atoms with E-state index in [2.05, 4.69) is 18.8 Å². The zero-order chi connectivity index (χ0) is 18.1. The summed E-state index contributed by atoms with van der Waals surface area (Å²) in [4.78, 5) is 30.0. The SMILES string of the molecule is CC1(C)CCC(N(C(=O)OC(C)(C)C)c2ncccc2C(=O)O)C1. The molecule has 1 heterocycles. The summed E-state index contributed by atoms with van der Waals surface area (Å²) in [6, 6.07) is 2.89. The van der Waals surface area contributed by atoms with E-state index in [4.69, 9.17) is 4.74 Å². The molecule has 0 aliphatic heterocycles. The molecule has 1 atom stereocenters. The molecule has 0 saturated heterocycles. The van der Waals surface area contributed by atoms with Crippen LogP contribution in [-0.4, -0.2) is 33.8 Å². The quantitative estimate of drug-likeness (QED) is 0.900. The number of carboxylic acids is 1. The number of carbonyl (C=O) groups excluding carboxylic acids is 1. The normalized spacial score (nSPS) is 19.8. The van der Waals surface area contributed by atoms with E-state index < -0.39 is 17.7 Å². The molecule has 1 aromatic heterocycles. The van der Waals surface area contributed by atoms with Gasteiger partial charge in [-0.05, 0) is 57.6 Å². The van der Waals surface area contributed by atoms with E-state index in [-0.39, 0.29) is 22.8 Å². The van der Waals surface area contributed by atoms with Crippen molar-refractivity contribution in [1.29, 1.82) is 0 Å². The Bertz CT molecular complexity index is 634. The number of ether oxygens (including phenoxy) is 1. The minimum atomic E-state index is -1.11. The fourth-order valence-corrected chi connectivity index (χ4v) is 3.10. The first-order valence-corrected chi connectivity index (χ1v) is 8.21. The lowest BCUT2D eigenvalue weighted by Gasteiger charge is -2.32. The molecule has 1 N–H and O–H groups in total. The Labute approximate surface area is 142 Å². The van der Waals surface area contributed by atoms with Crippen LogP contribution < -0.4 is 4.90 Å². The van der Waals surface area contributed by atoms with Gasteiger partial charge in [0.2, 0.25) is 0 Å². The molecule has 1 fully saturated rings. The molecule has 1 unspecified atom stereocenters. The van der Waals surface area contributed by atoms with Gasteiger partial charge in [-0.3, -0.25) is 4.90 Å². The first-order valence-electron chi connectivity index (χ1n) is 8.21. The third-order valence-electron chi connectivity index (χ3n) is 4.14. The van der Waals surface area contributed by atoms with Gasteiger partial charge < -0.3 is 9.84 Å². The lowest BCUT2D eigenvalue weighted by atomic mass is 9.91. The highest BCUT2D eigenvalue weighted by Gasteiger charge is 2.40. The molecule has 6 nitrogen and oxygen atoms in total. The third kappa shape index (κ3) is 4.24. The molecule has 1 saturated carbocycles. The Balaban J connectivity index is 2.44. The summed E-state index contributed by atoms with van der Waals surface area (Å²) >= 11 is 0. The third-order valence-corrected chi connectivity index (χ3v) is 4.14. The number of aromatic carboxylic acids is 1. The summed E-state index contributed by atoms with van der Waals surface area (Å²) in [5.41, 5.74) is -0.557. The minimum Gasteiger partial charge on any atom is -0.478 e. The van der Waals surface area contributed by atoms with E-state index >= 15 is 0 Å². The number of hydrogen-bond donors (Lipinski definition) is 1. The van der Waals surface area contributed by atoms with Crippen LogP contribution in [-0.2, 0) is 4.74 Å². The number of aromatic nitrogens is 1. The Morgan fingerprint density at radius 3 is 2.54 bits per heavy atom. The summed E-state index contributed by atoms with van der Waals surface area (Å²) in [7, 11) is 0. The Morgan fingerprint density at radius 2 is 2.04 bits per heavy atom. The van der Waals surface area contributed by atoms with E-state index in [9.17, 15) is 14.7 Å². The van der Waals surface area contributed by atoms with E-state index in [1.165, 1.54) is 17.2 Å². The van der Waals surface area contributed by atoms with E-state index in [0.29, 0.717) is 0 Å². The van der Waals surface area contributed by atoms with Crippen LogP contribution in [0.1, 0.15) is 64.2 Å². The number of carboxylic acid groups (broad SMARTS) is 1. The fraction of sp³-hybridized carbons (Fsp3) is 0.611. The second-order valence-corrected chi connectivity index (χ2v) is 8.09. The van der Waals surface area contributed by atoms with Crippen molar-refractivity contribution >= 4 is 17.9 Å². The van der Waals surface area contributed by atoms with Crippen LogP contribution in [0.25, 0.3) is 0 Å². The number of carbonyl (C=O) groups is 2. The summed E-state index contributed by atoms with van der Waals surface area (Å²) < 4.78 is 5.52. The van der Waals surface area contributed by atoms with Crippen LogP contribution in [0.3, 0.4) is 0 Å². The molecule has 1 aliphatic carbocycles. The second kappa shape index (κ2) is 6.42. The van der Waals surface area contributed by atoms with E-state index in [1.54, 1.807) is 26.8 Å². The summed E-state index contributed by atoms with van der Waals surface area (Å²) in [5, 5.41) is 9.46. The molecule has 132 valence electrons. The van der Waals surface area contributed by atoms with Crippen molar-refractivity contribution in [2.45, 2.75) is 65.5 Å². The van der Waals surface area contributed by atoms with Crippen LogP contribution in [0.2, 0.25) is 0 Å². The Hall–Kier alpha value is -2.11. The maximum absolute atomic E-state index is 12.8. The average Bonchev–Trinajstić information content (AvgIpc) is 2.77. The maximum atomic E-state index is 12.8. The smallest absolute Gasteiger partial charge is 0.416 e. The van der Waals surface area contributed by atoms with Crippen LogP contribution >= 0.6 is 0 Å². The molecule has 0 aromatic carbocycles. The predicted octanol–water partition coefficient (Wildman–Crippen LogP) is 4.10. The molecule has 6 heteroatoms. The van der Waals surface area contributed by atoms with E-state index in [0.717, 1.165) is 19.3 Å².